The highest BCUT2D eigenvalue weighted by Gasteiger charge is 2.36. The Bertz CT molecular complexity index is 1380. The van der Waals surface area contributed by atoms with Crippen LogP contribution in [0.25, 0.3) is 16.3 Å². The van der Waals surface area contributed by atoms with Crippen molar-refractivity contribution in [3.63, 3.8) is 0 Å². The summed E-state index contributed by atoms with van der Waals surface area (Å²) in [5.41, 5.74) is 4.46. The summed E-state index contributed by atoms with van der Waals surface area (Å²) < 4.78 is 19.6. The van der Waals surface area contributed by atoms with Crippen molar-refractivity contribution in [1.29, 1.82) is 0 Å². The molecule has 6 nitrogen and oxygen atoms in total. The molecule has 0 fully saturated rings. The van der Waals surface area contributed by atoms with Gasteiger partial charge in [0.05, 0.1) is 22.2 Å². The van der Waals surface area contributed by atoms with Crippen molar-refractivity contribution in [2.45, 2.75) is 33.2 Å². The Labute approximate surface area is 200 Å². The lowest BCUT2D eigenvalue weighted by Crippen LogP contribution is -2.46. The molecular weight excluding hydrogens is 451 g/mol. The number of anilines is 1. The average molecular weight is 475 g/mol. The van der Waals surface area contributed by atoms with Crippen molar-refractivity contribution in [2.75, 3.05) is 4.90 Å². The Balaban J connectivity index is 1.65. The van der Waals surface area contributed by atoms with Gasteiger partial charge in [-0.2, -0.15) is 4.98 Å². The minimum absolute atomic E-state index is 0.310. The Kier molecular flexibility index (Phi) is 5.75. The van der Waals surface area contributed by atoms with Gasteiger partial charge in [0.15, 0.2) is 0 Å². The Hall–Kier alpha value is -3.78. The minimum Gasteiger partial charge on any atom is -0.334 e. The number of hydrogen-bond acceptors (Lipinski definition) is 5. The summed E-state index contributed by atoms with van der Waals surface area (Å²) in [6.45, 7) is 5.61. The molecule has 0 aliphatic carbocycles. The van der Waals surface area contributed by atoms with Crippen molar-refractivity contribution < 1.29 is 13.7 Å². The molecule has 172 valence electrons. The van der Waals surface area contributed by atoms with Crippen LogP contribution in [0, 0.1) is 12.7 Å². The fourth-order valence-corrected chi connectivity index (χ4v) is 4.78. The topological polar surface area (TPSA) is 71.3 Å². The molecule has 1 aliphatic rings. The van der Waals surface area contributed by atoms with Crippen LogP contribution in [-0.4, -0.2) is 16.2 Å². The summed E-state index contributed by atoms with van der Waals surface area (Å²) >= 11 is 1.52. The summed E-state index contributed by atoms with van der Waals surface area (Å²) in [7, 11) is 0. The fourth-order valence-electron chi connectivity index (χ4n) is 4.13. The highest BCUT2D eigenvalue weighted by atomic mass is 32.1. The third kappa shape index (κ3) is 3.90. The maximum absolute atomic E-state index is 13.9. The molecule has 2 aromatic carbocycles. The van der Waals surface area contributed by atoms with E-state index in [1.54, 1.807) is 19.1 Å². The van der Waals surface area contributed by atoms with Crippen LogP contribution in [-0.2, 0) is 6.42 Å². The third-order valence-electron chi connectivity index (χ3n) is 6.00. The SMILES string of the molecule is CCc1ccc(C2NC(=O)N(c3ccc(F)c(C)c3)C(C)=C2c2nc(-c3cccs3)no2)cc1. The maximum Gasteiger partial charge on any atom is 0.326 e. The fraction of sp³-hybridized carbons (Fsp3) is 0.192. The first-order valence-electron chi connectivity index (χ1n) is 11.0. The monoisotopic (exact) mass is 474 g/mol. The van der Waals surface area contributed by atoms with Gasteiger partial charge in [-0.05, 0) is 66.6 Å². The van der Waals surface area contributed by atoms with E-state index in [9.17, 15) is 9.18 Å². The smallest absolute Gasteiger partial charge is 0.326 e. The number of carbonyl (C=O) groups excluding carboxylic acids is 1. The first-order valence-corrected chi connectivity index (χ1v) is 11.9. The zero-order valence-corrected chi connectivity index (χ0v) is 19.8. The van der Waals surface area contributed by atoms with Crippen LogP contribution in [0.15, 0.2) is 70.2 Å². The number of hydrogen-bond donors (Lipinski definition) is 1. The van der Waals surface area contributed by atoms with E-state index in [4.69, 9.17) is 4.52 Å². The van der Waals surface area contributed by atoms with Crippen LogP contribution in [0.5, 0.6) is 0 Å². The van der Waals surface area contributed by atoms with Crippen molar-refractivity contribution in [3.8, 4) is 10.7 Å². The molecule has 0 bridgehead atoms. The summed E-state index contributed by atoms with van der Waals surface area (Å²) in [4.78, 5) is 20.4. The minimum atomic E-state index is -0.479. The zero-order chi connectivity index (χ0) is 23.8. The largest absolute Gasteiger partial charge is 0.334 e. The second kappa shape index (κ2) is 8.87. The average Bonchev–Trinajstić information content (AvgIpc) is 3.53. The van der Waals surface area contributed by atoms with Crippen LogP contribution in [0.1, 0.15) is 42.5 Å². The van der Waals surface area contributed by atoms with E-state index in [0.717, 1.165) is 16.9 Å². The van der Waals surface area contributed by atoms with Crippen LogP contribution < -0.4 is 10.2 Å². The van der Waals surface area contributed by atoms with Crippen molar-refractivity contribution in [1.82, 2.24) is 15.5 Å². The van der Waals surface area contributed by atoms with Crippen LogP contribution in [0.4, 0.5) is 14.9 Å². The number of amides is 2. The molecule has 8 heteroatoms. The van der Waals surface area contributed by atoms with E-state index in [1.807, 2.05) is 36.6 Å². The molecule has 34 heavy (non-hydrogen) atoms. The number of urea groups is 1. The van der Waals surface area contributed by atoms with Gasteiger partial charge >= 0.3 is 6.03 Å². The number of nitrogens with zero attached hydrogens (tertiary/aromatic N) is 3. The van der Waals surface area contributed by atoms with E-state index < -0.39 is 6.04 Å². The van der Waals surface area contributed by atoms with Gasteiger partial charge in [0.2, 0.25) is 5.82 Å². The van der Waals surface area contributed by atoms with Gasteiger partial charge in [-0.3, -0.25) is 4.90 Å². The molecular formula is C26H23FN4O2S. The molecule has 1 aliphatic heterocycles. The highest BCUT2D eigenvalue weighted by molar-refractivity contribution is 7.13. The summed E-state index contributed by atoms with van der Waals surface area (Å²) in [6.07, 6.45) is 0.921. The van der Waals surface area contributed by atoms with E-state index in [0.29, 0.717) is 34.2 Å². The van der Waals surface area contributed by atoms with Crippen molar-refractivity contribution >= 4 is 28.6 Å². The molecule has 0 saturated carbocycles. The summed E-state index contributed by atoms with van der Waals surface area (Å²) in [5, 5.41) is 9.21. The highest BCUT2D eigenvalue weighted by Crippen LogP contribution is 2.39. The molecule has 4 aromatic rings. The van der Waals surface area contributed by atoms with Gasteiger partial charge < -0.3 is 9.84 Å². The Morgan fingerprint density at radius 3 is 2.62 bits per heavy atom. The van der Waals surface area contributed by atoms with Crippen LogP contribution in [0.2, 0.25) is 0 Å². The van der Waals surface area contributed by atoms with Crippen molar-refractivity contribution in [3.05, 3.63) is 94.1 Å². The normalized spacial score (nSPS) is 16.2. The van der Waals surface area contributed by atoms with Crippen LogP contribution in [0.3, 0.4) is 0 Å². The van der Waals surface area contributed by atoms with Gasteiger partial charge in [0.25, 0.3) is 5.89 Å². The Morgan fingerprint density at radius 2 is 1.94 bits per heavy atom. The van der Waals surface area contributed by atoms with Gasteiger partial charge in [-0.1, -0.05) is 42.4 Å². The lowest BCUT2D eigenvalue weighted by molar-refractivity contribution is 0.244. The number of nitrogens with one attached hydrogen (secondary N) is 1. The predicted octanol–water partition coefficient (Wildman–Crippen LogP) is 6.51. The molecule has 1 unspecified atom stereocenters. The number of aryl methyl sites for hydroxylation is 2. The van der Waals surface area contributed by atoms with E-state index >= 15 is 0 Å². The Morgan fingerprint density at radius 1 is 1.15 bits per heavy atom. The van der Waals surface area contributed by atoms with Gasteiger partial charge in [-0.25, -0.2) is 9.18 Å². The van der Waals surface area contributed by atoms with Gasteiger partial charge in [0, 0.05) is 5.70 Å². The molecule has 1 N–H and O–H groups in total. The lowest BCUT2D eigenvalue weighted by atomic mass is 9.93. The van der Waals surface area contributed by atoms with Crippen molar-refractivity contribution in [2.24, 2.45) is 0 Å². The first kappa shape index (κ1) is 22.0. The second-order valence-electron chi connectivity index (χ2n) is 8.15. The predicted molar refractivity (Wildman–Crippen MR) is 131 cm³/mol. The molecule has 2 aromatic heterocycles. The number of halogens is 1. The molecule has 3 heterocycles. The molecule has 0 saturated heterocycles. The number of rotatable bonds is 5. The lowest BCUT2D eigenvalue weighted by Gasteiger charge is -2.35. The number of aromatic nitrogens is 2. The number of carbonyl (C=O) groups is 1. The summed E-state index contributed by atoms with van der Waals surface area (Å²) in [5.74, 6) is 0.496. The van der Waals surface area contributed by atoms with Crippen LogP contribution >= 0.6 is 11.3 Å². The maximum atomic E-state index is 13.9. The quantitative estimate of drug-likeness (QED) is 0.358. The molecule has 2 amide bonds. The number of allylic oxidation sites excluding steroid dienone is 1. The molecule has 0 spiro atoms. The van der Waals surface area contributed by atoms with E-state index in [2.05, 4.69) is 34.5 Å². The molecule has 1 atom stereocenters. The first-order chi connectivity index (χ1) is 16.5. The summed E-state index contributed by atoms with van der Waals surface area (Å²) in [6, 6.07) is 15.8. The van der Waals surface area contributed by atoms with Gasteiger partial charge in [-0.15, -0.1) is 11.3 Å². The number of benzene rings is 2. The zero-order valence-electron chi connectivity index (χ0n) is 19.0. The van der Waals surface area contributed by atoms with Gasteiger partial charge in [0.1, 0.15) is 5.82 Å². The molecule has 5 rings (SSSR count). The number of thiophene rings is 1. The standard InChI is InChI=1S/C26H23FN4O2S/c1-4-17-7-9-18(10-8-17)23-22(25-29-24(30-33-25)21-6-5-13-34-21)16(3)31(26(32)28-23)19-11-12-20(27)15(2)14-19/h5-14,23H,4H2,1-3H3,(H,28,32). The van der Waals surface area contributed by atoms with E-state index in [1.165, 1.54) is 27.9 Å². The third-order valence-corrected chi connectivity index (χ3v) is 6.87. The van der Waals surface area contributed by atoms with E-state index in [-0.39, 0.29) is 11.8 Å². The second-order valence-corrected chi connectivity index (χ2v) is 9.09. The molecule has 0 radical (unpaired) electrons.